The van der Waals surface area contributed by atoms with Gasteiger partial charge in [0.2, 0.25) is 5.91 Å². The number of rotatable bonds is 4. The van der Waals surface area contributed by atoms with Crippen molar-refractivity contribution >= 4 is 5.91 Å². The van der Waals surface area contributed by atoms with Gasteiger partial charge in [0, 0.05) is 6.54 Å². The zero-order chi connectivity index (χ0) is 14.0. The number of amides is 1. The Hall–Kier alpha value is -0.820. The monoisotopic (exact) mass is 267 g/mol. The largest absolute Gasteiger partial charge is 0.391 e. The molecular formula is C11H20F3N3O. The summed E-state index contributed by atoms with van der Waals surface area (Å²) in [4.78, 5) is 13.2. The second kappa shape index (κ2) is 5.44. The van der Waals surface area contributed by atoms with E-state index in [1.807, 2.05) is 4.90 Å². The molecule has 0 aromatic carbocycles. The molecular weight excluding hydrogens is 247 g/mol. The molecule has 106 valence electrons. The van der Waals surface area contributed by atoms with Crippen molar-refractivity contribution in [2.24, 2.45) is 11.7 Å². The molecule has 4 nitrogen and oxygen atoms in total. The van der Waals surface area contributed by atoms with E-state index in [9.17, 15) is 18.0 Å². The van der Waals surface area contributed by atoms with Crippen LogP contribution in [0.25, 0.3) is 0 Å². The number of carbonyl (C=O) groups is 1. The fraction of sp³-hybridized carbons (Fsp3) is 0.909. The van der Waals surface area contributed by atoms with Crippen LogP contribution < -0.4 is 11.1 Å². The van der Waals surface area contributed by atoms with Gasteiger partial charge in [-0.25, -0.2) is 0 Å². The van der Waals surface area contributed by atoms with Crippen LogP contribution >= 0.6 is 0 Å². The third kappa shape index (κ3) is 3.58. The minimum absolute atomic E-state index is 0.0854. The first kappa shape index (κ1) is 15.2. The normalized spacial score (nSPS) is 22.7. The molecule has 18 heavy (non-hydrogen) atoms. The molecule has 1 aliphatic rings. The number of hydrogen-bond acceptors (Lipinski definition) is 3. The van der Waals surface area contributed by atoms with Gasteiger partial charge in [0.15, 0.2) is 0 Å². The van der Waals surface area contributed by atoms with E-state index in [2.05, 4.69) is 5.32 Å². The zero-order valence-corrected chi connectivity index (χ0v) is 10.7. The Kier molecular flexibility index (Phi) is 4.61. The van der Waals surface area contributed by atoms with E-state index in [1.165, 1.54) is 0 Å². The van der Waals surface area contributed by atoms with E-state index in [0.717, 1.165) is 0 Å². The second-order valence-electron chi connectivity index (χ2n) is 5.04. The summed E-state index contributed by atoms with van der Waals surface area (Å²) in [6.07, 6.45) is -3.94. The number of nitrogens with zero attached hydrogens (tertiary/aromatic N) is 1. The predicted octanol–water partition coefficient (Wildman–Crippen LogP) is 0.724. The minimum atomic E-state index is -4.11. The SMILES string of the molecule is CNC(C)(CN1CCC(C(F)(F)F)CC1)C(N)=O. The molecule has 7 heteroatoms. The van der Waals surface area contributed by atoms with E-state index in [4.69, 9.17) is 5.73 Å². The van der Waals surface area contributed by atoms with Crippen molar-refractivity contribution in [3.63, 3.8) is 0 Å². The van der Waals surface area contributed by atoms with Crippen molar-refractivity contribution in [3.8, 4) is 0 Å². The smallest absolute Gasteiger partial charge is 0.368 e. The Balaban J connectivity index is 2.52. The van der Waals surface area contributed by atoms with Crippen molar-refractivity contribution in [2.45, 2.75) is 31.5 Å². The number of alkyl halides is 3. The van der Waals surface area contributed by atoms with Gasteiger partial charge in [-0.2, -0.15) is 13.2 Å². The first-order chi connectivity index (χ1) is 8.19. The van der Waals surface area contributed by atoms with Crippen molar-refractivity contribution in [1.82, 2.24) is 10.2 Å². The molecule has 0 aromatic rings. The van der Waals surface area contributed by atoms with Crippen molar-refractivity contribution in [2.75, 3.05) is 26.7 Å². The van der Waals surface area contributed by atoms with Gasteiger partial charge in [0.25, 0.3) is 0 Å². The summed E-state index contributed by atoms with van der Waals surface area (Å²) >= 11 is 0. The van der Waals surface area contributed by atoms with Gasteiger partial charge in [-0.1, -0.05) is 0 Å². The maximum atomic E-state index is 12.5. The topological polar surface area (TPSA) is 58.4 Å². The van der Waals surface area contributed by atoms with Gasteiger partial charge in [-0.15, -0.1) is 0 Å². The lowest BCUT2D eigenvalue weighted by Crippen LogP contribution is -2.59. The van der Waals surface area contributed by atoms with Crippen LogP contribution in [-0.2, 0) is 4.79 Å². The summed E-state index contributed by atoms with van der Waals surface area (Å²) in [5.41, 5.74) is 4.39. The van der Waals surface area contributed by atoms with Gasteiger partial charge in [-0.05, 0) is 39.9 Å². The van der Waals surface area contributed by atoms with E-state index < -0.39 is 23.5 Å². The van der Waals surface area contributed by atoms with Crippen molar-refractivity contribution in [1.29, 1.82) is 0 Å². The van der Waals surface area contributed by atoms with Gasteiger partial charge < -0.3 is 16.0 Å². The van der Waals surface area contributed by atoms with E-state index in [-0.39, 0.29) is 12.8 Å². The molecule has 1 heterocycles. The summed E-state index contributed by atoms with van der Waals surface area (Å²) in [6, 6.07) is 0. The van der Waals surface area contributed by atoms with Crippen LogP contribution in [0, 0.1) is 5.92 Å². The maximum absolute atomic E-state index is 12.5. The lowest BCUT2D eigenvalue weighted by molar-refractivity contribution is -0.185. The number of halogens is 3. The first-order valence-corrected chi connectivity index (χ1v) is 5.97. The number of likely N-dealkylation sites (tertiary alicyclic amines) is 1. The number of likely N-dealkylation sites (N-methyl/N-ethyl adjacent to an activating group) is 1. The highest BCUT2D eigenvalue weighted by Crippen LogP contribution is 2.34. The Morgan fingerprint density at radius 3 is 2.22 bits per heavy atom. The average Bonchev–Trinajstić information content (AvgIpc) is 2.28. The van der Waals surface area contributed by atoms with Crippen LogP contribution in [-0.4, -0.2) is 49.2 Å². The number of hydrogen-bond donors (Lipinski definition) is 2. The summed E-state index contributed by atoms with van der Waals surface area (Å²) in [6.45, 7) is 2.68. The molecule has 0 bridgehead atoms. The molecule has 3 N–H and O–H groups in total. The van der Waals surface area contributed by atoms with E-state index in [0.29, 0.717) is 19.6 Å². The Morgan fingerprint density at radius 1 is 1.39 bits per heavy atom. The van der Waals surface area contributed by atoms with Gasteiger partial charge in [-0.3, -0.25) is 4.79 Å². The van der Waals surface area contributed by atoms with Crippen LogP contribution in [0.15, 0.2) is 0 Å². The number of carbonyl (C=O) groups excluding carboxylic acids is 1. The summed E-state index contributed by atoms with van der Waals surface area (Å²) in [5, 5.41) is 2.83. The minimum Gasteiger partial charge on any atom is -0.368 e. The fourth-order valence-electron chi connectivity index (χ4n) is 2.15. The quantitative estimate of drug-likeness (QED) is 0.789. The van der Waals surface area contributed by atoms with Crippen molar-refractivity contribution in [3.05, 3.63) is 0 Å². The number of nitrogens with two attached hydrogens (primary N) is 1. The molecule has 0 spiro atoms. The van der Waals surface area contributed by atoms with Crippen LogP contribution in [0.2, 0.25) is 0 Å². The first-order valence-electron chi connectivity index (χ1n) is 5.97. The molecule has 1 saturated heterocycles. The third-order valence-electron chi connectivity index (χ3n) is 3.69. The Labute approximate surface area is 105 Å². The zero-order valence-electron chi connectivity index (χ0n) is 10.7. The maximum Gasteiger partial charge on any atom is 0.391 e. The predicted molar refractivity (Wildman–Crippen MR) is 61.9 cm³/mol. The molecule has 1 atom stereocenters. The van der Waals surface area contributed by atoms with Crippen LogP contribution in [0.4, 0.5) is 13.2 Å². The lowest BCUT2D eigenvalue weighted by Gasteiger charge is -2.37. The summed E-state index contributed by atoms with van der Waals surface area (Å²) in [5.74, 6) is -1.72. The summed E-state index contributed by atoms with van der Waals surface area (Å²) in [7, 11) is 1.62. The molecule has 1 amide bonds. The van der Waals surface area contributed by atoms with Crippen molar-refractivity contribution < 1.29 is 18.0 Å². The Morgan fingerprint density at radius 2 is 1.89 bits per heavy atom. The van der Waals surface area contributed by atoms with Gasteiger partial charge >= 0.3 is 6.18 Å². The number of piperidine rings is 1. The lowest BCUT2D eigenvalue weighted by atomic mass is 9.94. The Bertz CT molecular complexity index is 300. The molecule has 1 aliphatic heterocycles. The molecule has 0 radical (unpaired) electrons. The molecule has 0 aromatic heterocycles. The highest BCUT2D eigenvalue weighted by Gasteiger charge is 2.42. The van der Waals surface area contributed by atoms with Crippen LogP contribution in [0.5, 0.6) is 0 Å². The van der Waals surface area contributed by atoms with Gasteiger partial charge in [0.1, 0.15) is 5.54 Å². The highest BCUT2D eigenvalue weighted by molar-refractivity contribution is 5.84. The summed E-state index contributed by atoms with van der Waals surface area (Å²) < 4.78 is 37.5. The highest BCUT2D eigenvalue weighted by atomic mass is 19.4. The van der Waals surface area contributed by atoms with Gasteiger partial charge in [0.05, 0.1) is 5.92 Å². The number of primary amides is 1. The van der Waals surface area contributed by atoms with E-state index in [1.54, 1.807) is 14.0 Å². The standard InChI is InChI=1S/C11H20F3N3O/c1-10(16-2,9(15)18)7-17-5-3-8(4-6-17)11(12,13)14/h8,16H,3-7H2,1-2H3,(H2,15,18). The molecule has 1 fully saturated rings. The molecule has 0 saturated carbocycles. The third-order valence-corrected chi connectivity index (χ3v) is 3.69. The van der Waals surface area contributed by atoms with Crippen LogP contribution in [0.3, 0.4) is 0 Å². The molecule has 0 aliphatic carbocycles. The average molecular weight is 267 g/mol. The fourth-order valence-corrected chi connectivity index (χ4v) is 2.15. The number of nitrogens with one attached hydrogen (secondary N) is 1. The molecule has 1 rings (SSSR count). The van der Waals surface area contributed by atoms with E-state index >= 15 is 0 Å². The second-order valence-corrected chi connectivity index (χ2v) is 5.04. The van der Waals surface area contributed by atoms with Crippen LogP contribution in [0.1, 0.15) is 19.8 Å². The molecule has 1 unspecified atom stereocenters.